The number of nitro benzene ring substituents is 3. The molecule has 0 aromatic heterocycles. The first kappa shape index (κ1) is 91.6. The van der Waals surface area contributed by atoms with Gasteiger partial charge in [-0.05, 0) is 178 Å². The summed E-state index contributed by atoms with van der Waals surface area (Å²) in [7, 11) is 0. The quantitative estimate of drug-likeness (QED) is 0.0138. The van der Waals surface area contributed by atoms with E-state index in [1.165, 1.54) is 30.3 Å². The number of esters is 2. The molecule has 2 heterocycles. The highest BCUT2D eigenvalue weighted by atomic mass is 19.1. The van der Waals surface area contributed by atoms with Gasteiger partial charge in [-0.3, -0.25) is 65.5 Å². The van der Waals surface area contributed by atoms with Crippen molar-refractivity contribution in [2.75, 3.05) is 93.4 Å². The smallest absolute Gasteiger partial charge is 0.465 e. The van der Waals surface area contributed by atoms with Crippen molar-refractivity contribution in [3.8, 4) is 0 Å². The van der Waals surface area contributed by atoms with Crippen LogP contribution in [0.15, 0.2) is 91.0 Å². The normalized spacial score (nSPS) is 11.6. The molecule has 0 atom stereocenters. The molecular formula is C67H92F2N14O23. The van der Waals surface area contributed by atoms with E-state index < -0.39 is 102 Å². The number of fused-ring (bicyclic) bond motifs is 2. The van der Waals surface area contributed by atoms with Crippen LogP contribution in [0.5, 0.6) is 0 Å². The van der Waals surface area contributed by atoms with Crippen molar-refractivity contribution in [1.29, 1.82) is 0 Å². The van der Waals surface area contributed by atoms with Crippen molar-refractivity contribution in [3.05, 3.63) is 133 Å². The summed E-state index contributed by atoms with van der Waals surface area (Å²) in [5.74, 6) is -2.92. The molecule has 2 aliphatic heterocycles. The molecule has 5 aromatic carbocycles. The van der Waals surface area contributed by atoms with Crippen LogP contribution in [-0.2, 0) is 57.1 Å². The van der Waals surface area contributed by atoms with Crippen LogP contribution in [0.3, 0.4) is 0 Å². The molecular weight excluding hydrogens is 1410 g/mol. The molecule has 0 bridgehead atoms. The molecule has 106 heavy (non-hydrogen) atoms. The molecule has 7 rings (SSSR count). The number of nitrogen functional groups attached to an aromatic ring is 2. The predicted octanol–water partition coefficient (Wildman–Crippen LogP) is 12.7. The highest BCUT2D eigenvalue weighted by molar-refractivity contribution is 6.02. The zero-order valence-electron chi connectivity index (χ0n) is 61.6. The molecule has 0 saturated heterocycles. The van der Waals surface area contributed by atoms with Gasteiger partial charge in [-0.25, -0.2) is 24.0 Å². The fraction of sp³-hybridized carbons (Fsp3) is 0.418. The van der Waals surface area contributed by atoms with E-state index in [0.717, 1.165) is 41.3 Å². The predicted molar refractivity (Wildman–Crippen MR) is 389 cm³/mol. The van der Waals surface area contributed by atoms with E-state index in [4.69, 9.17) is 45.6 Å². The van der Waals surface area contributed by atoms with Crippen molar-refractivity contribution in [2.24, 2.45) is 5.73 Å². The number of hydrogen-bond donors (Lipinski definition) is 11. The van der Waals surface area contributed by atoms with Gasteiger partial charge in [-0.1, -0.05) is 0 Å². The van der Waals surface area contributed by atoms with Crippen molar-refractivity contribution >= 4 is 128 Å². The summed E-state index contributed by atoms with van der Waals surface area (Å²) in [6.45, 7) is 29.9. The molecule has 0 unspecified atom stereocenters. The third kappa shape index (κ3) is 40.3. The summed E-state index contributed by atoms with van der Waals surface area (Å²) in [5.41, 5.74) is 16.0. The van der Waals surface area contributed by atoms with E-state index in [9.17, 15) is 82.3 Å². The molecule has 0 saturated carbocycles. The number of nitro groups is 3. The number of nitrogens with zero attached hydrogens (tertiary/aromatic N) is 3. The Morgan fingerprint density at radius 3 is 1.18 bits per heavy atom. The first-order chi connectivity index (χ1) is 48.8. The number of ether oxygens (including phenoxy) is 8. The Kier molecular flexibility index (Phi) is 36.5. The lowest BCUT2D eigenvalue weighted by Crippen LogP contribution is -2.29. The topological polar surface area (TPSA) is 531 Å². The molecule has 0 radical (unpaired) electrons. The second-order valence-electron chi connectivity index (χ2n) is 26.3. The van der Waals surface area contributed by atoms with Crippen LogP contribution in [0.1, 0.15) is 118 Å². The number of anilines is 10. The van der Waals surface area contributed by atoms with Gasteiger partial charge in [-0.2, -0.15) is 8.78 Å². The lowest BCUT2D eigenvalue weighted by atomic mass is 10.2. The Bertz CT molecular complexity index is 3880. The van der Waals surface area contributed by atoms with Crippen LogP contribution >= 0.6 is 0 Å². The minimum absolute atomic E-state index is 0.0200. The maximum absolute atomic E-state index is 13.3. The number of amides is 5. The van der Waals surface area contributed by atoms with Crippen molar-refractivity contribution in [2.45, 2.75) is 146 Å². The molecule has 5 aromatic rings. The Balaban J connectivity index is 0.000000634. The summed E-state index contributed by atoms with van der Waals surface area (Å²) in [4.78, 5) is 130. The van der Waals surface area contributed by atoms with E-state index >= 15 is 0 Å². The highest BCUT2D eigenvalue weighted by Crippen LogP contribution is 2.31. The van der Waals surface area contributed by atoms with E-state index in [1.807, 2.05) is 0 Å². The molecule has 0 spiro atoms. The number of benzene rings is 5. The van der Waals surface area contributed by atoms with Crippen LogP contribution in [-0.4, -0.2) is 137 Å². The number of nitrogens with one attached hydrogen (secondary N) is 8. The summed E-state index contributed by atoms with van der Waals surface area (Å²) in [6, 6.07) is 20.8. The Morgan fingerprint density at radius 1 is 0.462 bits per heavy atom. The Labute approximate surface area is 608 Å². The van der Waals surface area contributed by atoms with Crippen LogP contribution in [0.4, 0.5) is 107 Å². The molecule has 5 amide bonds. The fourth-order valence-corrected chi connectivity index (χ4v) is 7.23. The largest absolute Gasteiger partial charge is 0.519 e. The van der Waals surface area contributed by atoms with Gasteiger partial charge in [0.25, 0.3) is 5.69 Å². The first-order valence-electron chi connectivity index (χ1n) is 31.7. The maximum Gasteiger partial charge on any atom is 0.519 e. The number of halogens is 2. The summed E-state index contributed by atoms with van der Waals surface area (Å²) in [5, 5.41) is 52.9. The minimum atomic E-state index is -1.06. The van der Waals surface area contributed by atoms with Gasteiger partial charge in [0, 0.05) is 58.8 Å². The zero-order chi connectivity index (χ0) is 81.3. The molecule has 0 fully saturated rings. The van der Waals surface area contributed by atoms with Gasteiger partial charge >= 0.3 is 53.9 Å². The summed E-state index contributed by atoms with van der Waals surface area (Å²) >= 11 is 0. The SMILES string of the molecule is CC(C)(C)OC(=O)Nc1ccc([N+](=O)[O-])c(F)c1.CC(C)(C)OC(=O)Nc1ccc2c(c1)NCC(=O)N2.CC(C)(C)OC(=O)OC(=O)OC(C)(C)C.CCOC(=O)CN.CCOC(=O)CNc1cc(NC(=O)OC(C)(C)C)ccc1[N+](=O)[O-].Nc1ccc([N+](=O)[O-])c(F)c1.Nc1ccc2c(c1)NCC(=O)N2. The van der Waals surface area contributed by atoms with Gasteiger partial charge in [0.05, 0.1) is 70.4 Å². The average Bonchev–Trinajstić information content (AvgIpc) is 0.872. The van der Waals surface area contributed by atoms with Gasteiger partial charge in [0.15, 0.2) is 0 Å². The standard InChI is InChI=1S/C15H21N3O6.C13H17N3O3.C11H13FN2O4.C10H18O5.C8H9N3O.C6H5FN2O2.C4H9NO2/c1-5-23-13(19)9-16-11-8-10(6-7-12(11)18(21)22)17-14(20)24-15(2,3)4;1-13(2,3)19-12(18)15-8-4-5-9-10(6-8)14-7-11(17)16-9;1-11(2,3)18-10(15)13-7-4-5-9(14(16)17)8(12)6-7;1-9(2,3)14-7(11)13-8(12)15-10(4,5)6;9-5-1-2-6-7(3-5)10-4-8(12)11-6;7-5-3-4(8)1-2-6(5)9(10)11;1-2-7-4(6)3-5/h6-8,16H,5,9H2,1-4H3,(H,17,20);4-6,14H,7H2,1-3H3,(H,15,18)(H,16,17);4-6H,1-3H3,(H,13,15);1-6H3;1-3,10H,4,9H2,(H,11,12);1-3H,8H2;2-3,5H2,1H3. The lowest BCUT2D eigenvalue weighted by Gasteiger charge is -2.21. The number of carbonyl (C=O) groups excluding carboxylic acids is 9. The summed E-state index contributed by atoms with van der Waals surface area (Å²) < 4.78 is 64.0. The number of hydrogen-bond acceptors (Lipinski definition) is 29. The highest BCUT2D eigenvalue weighted by Gasteiger charge is 2.26. The summed E-state index contributed by atoms with van der Waals surface area (Å²) in [6.07, 6.45) is -4.07. The zero-order valence-corrected chi connectivity index (χ0v) is 61.6. The molecule has 39 heteroatoms. The number of carbonyl (C=O) groups is 9. The van der Waals surface area contributed by atoms with Crippen molar-refractivity contribution in [1.82, 2.24) is 0 Å². The molecule has 37 nitrogen and oxygen atoms in total. The molecule has 2 aliphatic rings. The van der Waals surface area contributed by atoms with Crippen LogP contribution in [0.25, 0.3) is 0 Å². The van der Waals surface area contributed by atoms with Gasteiger partial charge in [-0.15, -0.1) is 0 Å². The first-order valence-corrected chi connectivity index (χ1v) is 31.7. The Hall–Kier alpha value is -12.5. The van der Waals surface area contributed by atoms with Crippen LogP contribution < -0.4 is 59.7 Å². The third-order valence-corrected chi connectivity index (χ3v) is 11.1. The second-order valence-corrected chi connectivity index (χ2v) is 26.3. The van der Waals surface area contributed by atoms with E-state index in [1.54, 1.807) is 154 Å². The van der Waals surface area contributed by atoms with E-state index in [0.29, 0.717) is 35.9 Å². The third-order valence-electron chi connectivity index (χ3n) is 11.1. The molecule has 582 valence electrons. The van der Waals surface area contributed by atoms with Crippen molar-refractivity contribution < 1.29 is 105 Å². The van der Waals surface area contributed by atoms with Gasteiger partial charge in [0.1, 0.15) is 40.2 Å². The average molecular weight is 1500 g/mol. The molecule has 0 aliphatic carbocycles. The van der Waals surface area contributed by atoms with Crippen molar-refractivity contribution in [3.63, 3.8) is 0 Å². The van der Waals surface area contributed by atoms with Crippen LogP contribution in [0, 0.1) is 42.0 Å². The monoisotopic (exact) mass is 1500 g/mol. The van der Waals surface area contributed by atoms with E-state index in [-0.39, 0.29) is 66.8 Å². The number of nitrogens with two attached hydrogens (primary N) is 3. The van der Waals surface area contributed by atoms with Gasteiger partial charge < -0.3 is 81.7 Å². The maximum atomic E-state index is 13.3. The number of rotatable bonds is 12. The van der Waals surface area contributed by atoms with Gasteiger partial charge in [0.2, 0.25) is 23.4 Å². The van der Waals surface area contributed by atoms with Crippen LogP contribution in [0.2, 0.25) is 0 Å². The minimum Gasteiger partial charge on any atom is -0.465 e. The Morgan fingerprint density at radius 2 is 0.802 bits per heavy atom. The molecule has 14 N–H and O–H groups in total. The second kappa shape index (κ2) is 42.2. The fourth-order valence-electron chi connectivity index (χ4n) is 7.23. The lowest BCUT2D eigenvalue weighted by molar-refractivity contribution is -0.387. The van der Waals surface area contributed by atoms with E-state index in [2.05, 4.69) is 52.0 Å².